The van der Waals surface area contributed by atoms with Gasteiger partial charge in [-0.15, -0.1) is 0 Å². The molecule has 0 saturated heterocycles. The van der Waals surface area contributed by atoms with Crippen LogP contribution in [0.5, 0.6) is 5.75 Å². The molecule has 5 heteroatoms. The van der Waals surface area contributed by atoms with Crippen molar-refractivity contribution in [2.75, 3.05) is 19.3 Å². The number of aromatic hydroxyl groups is 1. The van der Waals surface area contributed by atoms with Gasteiger partial charge in [0, 0.05) is 17.8 Å². The van der Waals surface area contributed by atoms with E-state index in [1.54, 1.807) is 12.1 Å². The van der Waals surface area contributed by atoms with Crippen molar-refractivity contribution in [3.63, 3.8) is 0 Å². The number of rotatable bonds is 6. The van der Waals surface area contributed by atoms with Gasteiger partial charge < -0.3 is 15.7 Å². The Labute approximate surface area is 126 Å². The summed E-state index contributed by atoms with van der Waals surface area (Å²) in [6.45, 7) is 8.74. The fourth-order valence-electron chi connectivity index (χ4n) is 1.48. The van der Waals surface area contributed by atoms with Gasteiger partial charge in [0.05, 0.1) is 6.54 Å². The lowest BCUT2D eigenvalue weighted by Gasteiger charge is -2.23. The molecule has 0 aliphatic heterocycles. The SMILES string of the molecule is CCNC(=NCc1ccc(O)cc1)NCC(C)(C)SC. The van der Waals surface area contributed by atoms with Crippen LogP contribution in [0.3, 0.4) is 0 Å². The van der Waals surface area contributed by atoms with Crippen molar-refractivity contribution < 1.29 is 5.11 Å². The lowest BCUT2D eigenvalue weighted by atomic mass is 10.2. The average Bonchev–Trinajstić information content (AvgIpc) is 2.44. The van der Waals surface area contributed by atoms with E-state index < -0.39 is 0 Å². The summed E-state index contributed by atoms with van der Waals surface area (Å²) in [5, 5.41) is 15.9. The lowest BCUT2D eigenvalue weighted by molar-refractivity contribution is 0.475. The highest BCUT2D eigenvalue weighted by Crippen LogP contribution is 2.19. The van der Waals surface area contributed by atoms with E-state index in [4.69, 9.17) is 0 Å². The second-order valence-electron chi connectivity index (χ2n) is 5.18. The highest BCUT2D eigenvalue weighted by molar-refractivity contribution is 7.99. The summed E-state index contributed by atoms with van der Waals surface area (Å²) in [5.74, 6) is 1.10. The van der Waals surface area contributed by atoms with Gasteiger partial charge in [-0.1, -0.05) is 12.1 Å². The second kappa shape index (κ2) is 8.04. The molecule has 0 aliphatic rings. The van der Waals surface area contributed by atoms with Gasteiger partial charge in [0.15, 0.2) is 5.96 Å². The van der Waals surface area contributed by atoms with Crippen LogP contribution in [0.1, 0.15) is 26.3 Å². The predicted octanol–water partition coefficient (Wildman–Crippen LogP) is 2.59. The number of aliphatic imine (C=N–C) groups is 1. The first kappa shape index (κ1) is 16.7. The quantitative estimate of drug-likeness (QED) is 0.558. The van der Waals surface area contributed by atoms with E-state index in [1.165, 1.54) is 0 Å². The minimum atomic E-state index is 0.175. The van der Waals surface area contributed by atoms with Crippen molar-refractivity contribution in [3.05, 3.63) is 29.8 Å². The molecule has 1 aromatic carbocycles. The molecular weight excluding hydrogens is 270 g/mol. The summed E-state index contributed by atoms with van der Waals surface area (Å²) in [4.78, 5) is 4.55. The van der Waals surface area contributed by atoms with E-state index in [9.17, 15) is 5.11 Å². The molecule has 0 aliphatic carbocycles. The number of phenolic OH excluding ortho intramolecular Hbond substituents is 1. The fraction of sp³-hybridized carbons (Fsp3) is 0.533. The molecule has 20 heavy (non-hydrogen) atoms. The van der Waals surface area contributed by atoms with Crippen molar-refractivity contribution in [3.8, 4) is 5.75 Å². The number of hydrogen-bond acceptors (Lipinski definition) is 3. The Morgan fingerprint density at radius 2 is 1.90 bits per heavy atom. The van der Waals surface area contributed by atoms with Crippen molar-refractivity contribution in [1.82, 2.24) is 10.6 Å². The first-order chi connectivity index (χ1) is 9.46. The molecule has 112 valence electrons. The number of nitrogens with zero attached hydrogens (tertiary/aromatic N) is 1. The summed E-state index contributed by atoms with van der Waals surface area (Å²) in [6.07, 6.45) is 2.11. The van der Waals surface area contributed by atoms with Gasteiger partial charge in [0.25, 0.3) is 0 Å². The van der Waals surface area contributed by atoms with Gasteiger partial charge in [-0.05, 0) is 44.7 Å². The summed E-state index contributed by atoms with van der Waals surface area (Å²) in [6, 6.07) is 7.13. The molecule has 0 saturated carbocycles. The number of guanidine groups is 1. The van der Waals surface area contributed by atoms with Crippen LogP contribution < -0.4 is 10.6 Å². The van der Waals surface area contributed by atoms with Crippen LogP contribution in [0.15, 0.2) is 29.3 Å². The average molecular weight is 295 g/mol. The number of thioether (sulfide) groups is 1. The number of hydrogen-bond donors (Lipinski definition) is 3. The topological polar surface area (TPSA) is 56.7 Å². The summed E-state index contributed by atoms with van der Waals surface area (Å²) < 4.78 is 0.175. The van der Waals surface area contributed by atoms with Crippen molar-refractivity contribution in [2.45, 2.75) is 32.1 Å². The minimum absolute atomic E-state index is 0.175. The van der Waals surface area contributed by atoms with Crippen molar-refractivity contribution in [2.24, 2.45) is 4.99 Å². The molecule has 4 nitrogen and oxygen atoms in total. The maximum atomic E-state index is 9.26. The molecule has 0 aromatic heterocycles. The third-order valence-corrected chi connectivity index (χ3v) is 4.18. The molecule has 0 atom stereocenters. The Morgan fingerprint density at radius 3 is 2.45 bits per heavy atom. The number of benzene rings is 1. The van der Waals surface area contributed by atoms with Crippen molar-refractivity contribution in [1.29, 1.82) is 0 Å². The molecule has 1 aromatic rings. The molecule has 3 N–H and O–H groups in total. The maximum Gasteiger partial charge on any atom is 0.191 e. The van der Waals surface area contributed by atoms with E-state index in [2.05, 4.69) is 42.7 Å². The Morgan fingerprint density at radius 1 is 1.25 bits per heavy atom. The van der Waals surface area contributed by atoms with Gasteiger partial charge in [-0.25, -0.2) is 4.99 Å². The van der Waals surface area contributed by atoms with E-state index in [0.717, 1.165) is 24.6 Å². The lowest BCUT2D eigenvalue weighted by Crippen LogP contribution is -2.43. The van der Waals surface area contributed by atoms with Crippen LogP contribution in [-0.2, 0) is 6.54 Å². The smallest absolute Gasteiger partial charge is 0.191 e. The molecule has 0 fully saturated rings. The molecule has 0 amide bonds. The monoisotopic (exact) mass is 295 g/mol. The zero-order chi connectivity index (χ0) is 15.0. The van der Waals surface area contributed by atoms with Gasteiger partial charge in [-0.2, -0.15) is 11.8 Å². The summed E-state index contributed by atoms with van der Waals surface area (Å²) in [7, 11) is 0. The van der Waals surface area contributed by atoms with E-state index in [1.807, 2.05) is 23.9 Å². The standard InChI is InChI=1S/C15H25N3OS/c1-5-16-14(18-11-15(2,3)20-4)17-10-12-6-8-13(19)9-7-12/h6-9,19H,5,10-11H2,1-4H3,(H2,16,17,18). The second-order valence-corrected chi connectivity index (χ2v) is 6.69. The number of phenols is 1. The van der Waals surface area contributed by atoms with Crippen LogP contribution in [0.2, 0.25) is 0 Å². The van der Waals surface area contributed by atoms with Gasteiger partial charge >= 0.3 is 0 Å². The Hall–Kier alpha value is -1.36. The van der Waals surface area contributed by atoms with Crippen LogP contribution in [0, 0.1) is 0 Å². The van der Waals surface area contributed by atoms with Crippen LogP contribution in [0.4, 0.5) is 0 Å². The Kier molecular flexibility index (Phi) is 6.71. The summed E-state index contributed by atoms with van der Waals surface area (Å²) >= 11 is 1.83. The molecule has 0 spiro atoms. The van der Waals surface area contributed by atoms with Crippen LogP contribution in [-0.4, -0.2) is 35.2 Å². The summed E-state index contributed by atoms with van der Waals surface area (Å²) in [5.41, 5.74) is 1.07. The number of nitrogens with one attached hydrogen (secondary N) is 2. The largest absolute Gasteiger partial charge is 0.508 e. The van der Waals surface area contributed by atoms with E-state index in [0.29, 0.717) is 6.54 Å². The molecule has 1 rings (SSSR count). The first-order valence-corrected chi connectivity index (χ1v) is 8.04. The highest BCUT2D eigenvalue weighted by atomic mass is 32.2. The van der Waals surface area contributed by atoms with Gasteiger partial charge in [0.2, 0.25) is 0 Å². The fourth-order valence-corrected chi connectivity index (χ4v) is 1.70. The molecular formula is C15H25N3OS. The maximum absolute atomic E-state index is 9.26. The molecule has 0 heterocycles. The van der Waals surface area contributed by atoms with E-state index in [-0.39, 0.29) is 10.5 Å². The Balaban J connectivity index is 2.60. The molecule has 0 radical (unpaired) electrons. The van der Waals surface area contributed by atoms with E-state index >= 15 is 0 Å². The normalized spacial score (nSPS) is 12.3. The highest BCUT2D eigenvalue weighted by Gasteiger charge is 2.15. The van der Waals surface area contributed by atoms with Crippen molar-refractivity contribution >= 4 is 17.7 Å². The van der Waals surface area contributed by atoms with Gasteiger partial charge in [-0.3, -0.25) is 0 Å². The van der Waals surface area contributed by atoms with Gasteiger partial charge in [0.1, 0.15) is 5.75 Å². The zero-order valence-corrected chi connectivity index (χ0v) is 13.5. The Bertz CT molecular complexity index is 429. The van der Waals surface area contributed by atoms with Crippen LogP contribution >= 0.6 is 11.8 Å². The third kappa shape index (κ3) is 6.19. The van der Waals surface area contributed by atoms with Crippen LogP contribution in [0.25, 0.3) is 0 Å². The molecule has 0 unspecified atom stereocenters. The molecule has 0 bridgehead atoms. The zero-order valence-electron chi connectivity index (χ0n) is 12.7. The first-order valence-electron chi connectivity index (χ1n) is 6.82. The third-order valence-electron chi connectivity index (χ3n) is 2.93. The minimum Gasteiger partial charge on any atom is -0.508 e. The predicted molar refractivity (Wildman–Crippen MR) is 88.5 cm³/mol.